The van der Waals surface area contributed by atoms with Crippen LogP contribution in [0.4, 0.5) is 11.4 Å². The van der Waals surface area contributed by atoms with Crippen molar-refractivity contribution in [2.45, 2.75) is 31.5 Å². The Balaban J connectivity index is 1.51. The van der Waals surface area contributed by atoms with Crippen molar-refractivity contribution in [1.29, 1.82) is 0 Å². The second-order valence-corrected chi connectivity index (χ2v) is 6.16. The van der Waals surface area contributed by atoms with Gasteiger partial charge in [0.15, 0.2) is 0 Å². The van der Waals surface area contributed by atoms with Gasteiger partial charge in [0.25, 0.3) is 5.69 Å². The highest BCUT2D eigenvalue weighted by molar-refractivity contribution is 5.94. The zero-order chi connectivity index (χ0) is 18.0. The number of hydrogen-bond acceptors (Lipinski definition) is 7. The van der Waals surface area contributed by atoms with Crippen molar-refractivity contribution < 1.29 is 24.0 Å². The average Bonchev–Trinajstić information content (AvgIpc) is 3.21. The molecule has 1 amide bonds. The number of primary amides is 1. The molecule has 3 rings (SSSR count). The van der Waals surface area contributed by atoms with Crippen LogP contribution in [0.25, 0.3) is 0 Å². The number of nitrogens with two attached hydrogens (primary N) is 1. The monoisotopic (exact) mass is 349 g/mol. The molecular weight excluding hydrogens is 330 g/mol. The van der Waals surface area contributed by atoms with Crippen LogP contribution in [0, 0.1) is 16.0 Å². The van der Waals surface area contributed by atoms with Crippen LogP contribution in [0.2, 0.25) is 0 Å². The Morgan fingerprint density at radius 1 is 1.40 bits per heavy atom. The van der Waals surface area contributed by atoms with Gasteiger partial charge in [0, 0.05) is 18.2 Å². The molecule has 1 aromatic rings. The highest BCUT2D eigenvalue weighted by atomic mass is 16.6. The van der Waals surface area contributed by atoms with Crippen LogP contribution in [-0.4, -0.2) is 42.2 Å². The number of nitrogens with zero attached hydrogens (tertiary/aromatic N) is 1. The minimum Gasteiger partial charge on any atom is -0.464 e. The topological polar surface area (TPSA) is 134 Å². The summed E-state index contributed by atoms with van der Waals surface area (Å²) in [5.74, 6) is -1.23. The number of anilines is 1. The number of amides is 1. The SMILES string of the molecule is NC(=O)c1ccc(NCCOC(=O)[C@H]2C[C@H]3CC[C@H]2O3)c([N+](=O)[O-])c1. The van der Waals surface area contributed by atoms with Crippen molar-refractivity contribution in [3.63, 3.8) is 0 Å². The molecule has 0 saturated carbocycles. The third-order valence-electron chi connectivity index (χ3n) is 4.55. The van der Waals surface area contributed by atoms with Crippen molar-refractivity contribution in [1.82, 2.24) is 0 Å². The number of hydrogen-bond donors (Lipinski definition) is 2. The van der Waals surface area contributed by atoms with E-state index in [-0.39, 0.29) is 54.2 Å². The molecule has 134 valence electrons. The molecule has 2 fully saturated rings. The van der Waals surface area contributed by atoms with Gasteiger partial charge < -0.3 is 20.5 Å². The standard InChI is InChI=1S/C16H19N3O6/c17-15(20)9-1-3-12(13(7-9)19(22)23)18-5-6-24-16(21)11-8-10-2-4-14(11)25-10/h1,3,7,10-11,14,18H,2,4-6,8H2,(H2,17,20)/t10-,11+,14-/m1/s1. The van der Waals surface area contributed by atoms with Crippen molar-refractivity contribution >= 4 is 23.3 Å². The highest BCUT2D eigenvalue weighted by Gasteiger charge is 2.45. The first-order chi connectivity index (χ1) is 12.0. The van der Waals surface area contributed by atoms with Gasteiger partial charge >= 0.3 is 5.97 Å². The first-order valence-electron chi connectivity index (χ1n) is 8.10. The molecule has 2 bridgehead atoms. The lowest BCUT2D eigenvalue weighted by atomic mass is 9.89. The third kappa shape index (κ3) is 3.71. The number of fused-ring (bicyclic) bond motifs is 2. The number of carbonyl (C=O) groups excluding carboxylic acids is 2. The summed E-state index contributed by atoms with van der Waals surface area (Å²) >= 11 is 0. The number of nitro benzene ring substituents is 1. The summed E-state index contributed by atoms with van der Waals surface area (Å²) in [6.07, 6.45) is 2.74. The fourth-order valence-corrected chi connectivity index (χ4v) is 3.32. The van der Waals surface area contributed by atoms with Crippen LogP contribution >= 0.6 is 0 Å². The van der Waals surface area contributed by atoms with Crippen LogP contribution in [0.5, 0.6) is 0 Å². The van der Waals surface area contributed by atoms with Crippen LogP contribution < -0.4 is 11.1 Å². The first kappa shape index (κ1) is 17.2. The maximum Gasteiger partial charge on any atom is 0.311 e. The number of rotatable bonds is 7. The molecule has 0 aromatic heterocycles. The molecule has 2 aliphatic rings. The Bertz CT molecular complexity index is 707. The van der Waals surface area contributed by atoms with Crippen molar-refractivity contribution in [3.05, 3.63) is 33.9 Å². The molecule has 2 aliphatic heterocycles. The maximum absolute atomic E-state index is 12.1. The molecule has 9 heteroatoms. The summed E-state index contributed by atoms with van der Waals surface area (Å²) in [6, 6.07) is 3.92. The zero-order valence-corrected chi connectivity index (χ0v) is 13.5. The van der Waals surface area contributed by atoms with Crippen molar-refractivity contribution in [2.24, 2.45) is 11.7 Å². The lowest BCUT2D eigenvalue weighted by molar-refractivity contribution is -0.384. The van der Waals surface area contributed by atoms with E-state index in [9.17, 15) is 19.7 Å². The molecule has 0 spiro atoms. The van der Waals surface area contributed by atoms with Gasteiger partial charge in [-0.2, -0.15) is 0 Å². The van der Waals surface area contributed by atoms with Gasteiger partial charge in [-0.25, -0.2) is 0 Å². The molecular formula is C16H19N3O6. The third-order valence-corrected chi connectivity index (χ3v) is 4.55. The van der Waals surface area contributed by atoms with E-state index in [1.165, 1.54) is 12.1 Å². The molecule has 3 atom stereocenters. The van der Waals surface area contributed by atoms with Crippen LogP contribution in [-0.2, 0) is 14.3 Å². The van der Waals surface area contributed by atoms with Gasteiger partial charge in [-0.1, -0.05) is 0 Å². The molecule has 2 saturated heterocycles. The molecule has 25 heavy (non-hydrogen) atoms. The molecule has 0 aliphatic carbocycles. The molecule has 0 radical (unpaired) electrons. The largest absolute Gasteiger partial charge is 0.464 e. The van der Waals surface area contributed by atoms with Gasteiger partial charge in [-0.05, 0) is 31.4 Å². The van der Waals surface area contributed by atoms with E-state index in [4.69, 9.17) is 15.2 Å². The van der Waals surface area contributed by atoms with E-state index >= 15 is 0 Å². The van der Waals surface area contributed by atoms with E-state index in [0.29, 0.717) is 6.42 Å². The number of ether oxygens (including phenoxy) is 2. The molecule has 0 unspecified atom stereocenters. The lowest BCUT2D eigenvalue weighted by Crippen LogP contribution is -2.28. The van der Waals surface area contributed by atoms with Crippen molar-refractivity contribution in [3.8, 4) is 0 Å². The minimum atomic E-state index is -0.739. The summed E-state index contributed by atoms with van der Waals surface area (Å²) in [7, 11) is 0. The summed E-state index contributed by atoms with van der Waals surface area (Å²) in [6.45, 7) is 0.297. The number of nitrogens with one attached hydrogen (secondary N) is 1. The Labute approximate surface area is 143 Å². The van der Waals surface area contributed by atoms with Gasteiger partial charge in [-0.15, -0.1) is 0 Å². The van der Waals surface area contributed by atoms with E-state index in [0.717, 1.165) is 18.9 Å². The lowest BCUT2D eigenvalue weighted by Gasteiger charge is -2.17. The second-order valence-electron chi connectivity index (χ2n) is 6.16. The van der Waals surface area contributed by atoms with E-state index in [1.54, 1.807) is 0 Å². The smallest absolute Gasteiger partial charge is 0.311 e. The quantitative estimate of drug-likeness (QED) is 0.327. The van der Waals surface area contributed by atoms with Crippen LogP contribution in [0.1, 0.15) is 29.6 Å². The molecule has 2 heterocycles. The normalized spacial score (nSPS) is 24.1. The average molecular weight is 349 g/mol. The van der Waals surface area contributed by atoms with Crippen molar-refractivity contribution in [2.75, 3.05) is 18.5 Å². The van der Waals surface area contributed by atoms with Gasteiger partial charge in [0.2, 0.25) is 5.91 Å². The number of nitro groups is 1. The predicted molar refractivity (Wildman–Crippen MR) is 87.1 cm³/mol. The number of esters is 1. The van der Waals surface area contributed by atoms with Crippen LogP contribution in [0.3, 0.4) is 0 Å². The number of benzene rings is 1. The first-order valence-corrected chi connectivity index (χ1v) is 8.10. The van der Waals surface area contributed by atoms with E-state index in [2.05, 4.69) is 5.32 Å². The van der Waals surface area contributed by atoms with Gasteiger partial charge in [0.05, 0.1) is 23.0 Å². The summed E-state index contributed by atoms with van der Waals surface area (Å²) in [5, 5.41) is 13.9. The zero-order valence-electron chi connectivity index (χ0n) is 13.5. The molecule has 9 nitrogen and oxygen atoms in total. The highest BCUT2D eigenvalue weighted by Crippen LogP contribution is 2.39. The maximum atomic E-state index is 12.1. The Morgan fingerprint density at radius 2 is 2.20 bits per heavy atom. The molecule has 3 N–H and O–H groups in total. The summed E-state index contributed by atoms with van der Waals surface area (Å²) < 4.78 is 10.9. The Kier molecular flexibility index (Phi) is 4.84. The molecule has 1 aromatic carbocycles. The summed E-state index contributed by atoms with van der Waals surface area (Å²) in [4.78, 5) is 33.7. The minimum absolute atomic E-state index is 0.0344. The Morgan fingerprint density at radius 3 is 2.80 bits per heavy atom. The fraction of sp³-hybridized carbons (Fsp3) is 0.500. The van der Waals surface area contributed by atoms with Gasteiger partial charge in [0.1, 0.15) is 12.3 Å². The number of carbonyl (C=O) groups is 2. The summed E-state index contributed by atoms with van der Waals surface area (Å²) in [5.41, 5.74) is 5.15. The van der Waals surface area contributed by atoms with E-state index < -0.39 is 10.8 Å². The van der Waals surface area contributed by atoms with Gasteiger partial charge in [-0.3, -0.25) is 19.7 Å². The van der Waals surface area contributed by atoms with E-state index in [1.807, 2.05) is 0 Å². The van der Waals surface area contributed by atoms with Crippen LogP contribution in [0.15, 0.2) is 18.2 Å². The second kappa shape index (κ2) is 7.06. The predicted octanol–water partition coefficient (Wildman–Crippen LogP) is 1.22. The fourth-order valence-electron chi connectivity index (χ4n) is 3.32. The Hall–Kier alpha value is -2.68.